The molecule has 4 aliphatic rings. The van der Waals surface area contributed by atoms with Crippen molar-refractivity contribution in [3.8, 4) is 0 Å². The minimum absolute atomic E-state index is 0.0244. The van der Waals surface area contributed by atoms with E-state index in [9.17, 15) is 19.2 Å². The Morgan fingerprint density at radius 1 is 1.00 bits per heavy atom. The van der Waals surface area contributed by atoms with Gasteiger partial charge in [-0.2, -0.15) is 0 Å². The van der Waals surface area contributed by atoms with E-state index in [2.05, 4.69) is 0 Å². The monoisotopic (exact) mass is 488 g/mol. The van der Waals surface area contributed by atoms with Crippen LogP contribution < -0.4 is 4.90 Å². The number of imide groups is 1. The number of hydrogen-bond acceptors (Lipinski definition) is 7. The quantitative estimate of drug-likeness (QED) is 0.363. The molecule has 0 saturated carbocycles. The largest absolute Gasteiger partial charge is 0.463 e. The van der Waals surface area contributed by atoms with Gasteiger partial charge >= 0.3 is 5.97 Å². The van der Waals surface area contributed by atoms with E-state index in [0.29, 0.717) is 31.6 Å². The molecule has 36 heavy (non-hydrogen) atoms. The number of likely N-dealkylation sites (tertiary alicyclic amines) is 1. The number of carbonyl (C=O) groups excluding carboxylic acids is 4. The summed E-state index contributed by atoms with van der Waals surface area (Å²) >= 11 is 0. The predicted octanol–water partition coefficient (Wildman–Crippen LogP) is 2.71. The highest BCUT2D eigenvalue weighted by atomic mass is 16.6. The van der Waals surface area contributed by atoms with Crippen LogP contribution in [0.5, 0.6) is 0 Å². The van der Waals surface area contributed by atoms with Crippen molar-refractivity contribution in [2.75, 3.05) is 18.1 Å². The van der Waals surface area contributed by atoms with Gasteiger partial charge in [-0.15, -0.1) is 0 Å². The van der Waals surface area contributed by atoms with Crippen LogP contribution in [0, 0.1) is 17.3 Å². The van der Waals surface area contributed by atoms with E-state index >= 15 is 0 Å². The van der Waals surface area contributed by atoms with Gasteiger partial charge in [-0.1, -0.05) is 48.5 Å². The van der Waals surface area contributed by atoms with Crippen LogP contribution >= 0.6 is 0 Å². The van der Waals surface area contributed by atoms with Gasteiger partial charge in [0.2, 0.25) is 17.4 Å². The Hall–Kier alpha value is -3.36. The number of benzene rings is 2. The van der Waals surface area contributed by atoms with E-state index in [1.54, 1.807) is 44.2 Å². The van der Waals surface area contributed by atoms with Crippen molar-refractivity contribution >= 4 is 29.3 Å². The number of hydrogen-bond donors (Lipinski definition) is 0. The Labute approximate surface area is 209 Å². The lowest BCUT2D eigenvalue weighted by molar-refractivity contribution is -0.222. The molecule has 8 heteroatoms. The van der Waals surface area contributed by atoms with Gasteiger partial charge in [0, 0.05) is 13.1 Å². The minimum Gasteiger partial charge on any atom is -0.463 e. The number of rotatable bonds is 5. The Kier molecular flexibility index (Phi) is 5.01. The van der Waals surface area contributed by atoms with Crippen LogP contribution in [0.1, 0.15) is 32.3 Å². The molecule has 2 aromatic carbocycles. The predicted molar refractivity (Wildman–Crippen MR) is 128 cm³/mol. The van der Waals surface area contributed by atoms with Gasteiger partial charge in [-0.05, 0) is 44.4 Å². The van der Waals surface area contributed by atoms with Gasteiger partial charge < -0.3 is 9.47 Å². The standard InChI is InChI=1S/C28H28N2O6/c1-3-35-25(34)27-20-21(23(32)30(22(20)31)19-13-8-5-9-14-19)28(36-27)26(2,24(27)33)15-10-16-29(28)17-18-11-6-4-7-12-18/h4-9,11-14,20-21H,3,10,15-17H2,1-2H3/t20-,21+,26-,27+,28-/m0/s1. The first-order valence-electron chi connectivity index (χ1n) is 12.5. The zero-order valence-corrected chi connectivity index (χ0v) is 20.3. The molecule has 0 N–H and O–H groups in total. The molecule has 0 unspecified atom stereocenters. The van der Waals surface area contributed by atoms with Gasteiger partial charge in [0.1, 0.15) is 11.6 Å². The molecule has 4 aliphatic heterocycles. The van der Waals surface area contributed by atoms with Crippen molar-refractivity contribution < 1.29 is 28.7 Å². The molecule has 0 aromatic heterocycles. The molecule has 5 atom stereocenters. The molecule has 186 valence electrons. The summed E-state index contributed by atoms with van der Waals surface area (Å²) in [5.41, 5.74) is -3.34. The third kappa shape index (κ3) is 2.61. The van der Waals surface area contributed by atoms with Gasteiger partial charge in [-0.25, -0.2) is 9.69 Å². The highest BCUT2D eigenvalue weighted by Gasteiger charge is 2.90. The number of piperidine rings is 1. The second-order valence-electron chi connectivity index (χ2n) is 10.2. The lowest BCUT2D eigenvalue weighted by Crippen LogP contribution is -2.69. The van der Waals surface area contributed by atoms with Gasteiger partial charge in [0.15, 0.2) is 5.78 Å². The maximum Gasteiger partial charge on any atom is 0.347 e. The van der Waals surface area contributed by atoms with Gasteiger partial charge in [-0.3, -0.25) is 19.3 Å². The molecule has 2 aromatic rings. The molecule has 6 rings (SSSR count). The summed E-state index contributed by atoms with van der Waals surface area (Å²) in [6, 6.07) is 18.4. The van der Waals surface area contributed by atoms with Crippen molar-refractivity contribution in [2.24, 2.45) is 17.3 Å². The molecule has 0 radical (unpaired) electrons. The Balaban J connectivity index is 1.56. The van der Waals surface area contributed by atoms with Crippen LogP contribution in [0.3, 0.4) is 0 Å². The average Bonchev–Trinajstić information content (AvgIpc) is 3.43. The molecule has 4 saturated heterocycles. The first-order valence-corrected chi connectivity index (χ1v) is 12.5. The first kappa shape index (κ1) is 23.1. The summed E-state index contributed by atoms with van der Waals surface area (Å²) in [6.45, 7) is 4.43. The summed E-state index contributed by atoms with van der Waals surface area (Å²) in [7, 11) is 0. The van der Waals surface area contributed by atoms with E-state index in [-0.39, 0.29) is 6.61 Å². The molecule has 2 bridgehead atoms. The highest BCUT2D eigenvalue weighted by molar-refractivity contribution is 6.29. The van der Waals surface area contributed by atoms with Crippen LogP contribution in [-0.4, -0.2) is 52.9 Å². The van der Waals surface area contributed by atoms with Crippen LogP contribution in [0.4, 0.5) is 5.69 Å². The SMILES string of the molecule is CCOC(=O)[C@@]12O[C@]3([C@H]4C(=O)N(c5ccccc5)C(=O)[C@H]41)N(Cc1ccccc1)CCC[C@@]3(C)C2=O. The smallest absolute Gasteiger partial charge is 0.347 e. The lowest BCUT2D eigenvalue weighted by atomic mass is 9.55. The molecular formula is C28H28N2O6. The number of Topliss-reactive ketones (excluding diaryl/α,β-unsaturated/α-hetero) is 1. The zero-order valence-electron chi connectivity index (χ0n) is 20.3. The number of nitrogens with zero attached hydrogens (tertiary/aromatic N) is 2. The van der Waals surface area contributed by atoms with E-state index in [4.69, 9.17) is 9.47 Å². The number of ether oxygens (including phenoxy) is 2. The topological polar surface area (TPSA) is 93.2 Å². The minimum atomic E-state index is -2.15. The summed E-state index contributed by atoms with van der Waals surface area (Å²) in [5, 5.41) is 0. The molecule has 4 fully saturated rings. The van der Waals surface area contributed by atoms with Gasteiger partial charge in [0.05, 0.1) is 23.6 Å². The number of para-hydroxylation sites is 1. The van der Waals surface area contributed by atoms with E-state index in [1.165, 1.54) is 0 Å². The molecule has 2 amide bonds. The maximum atomic E-state index is 14.3. The summed E-state index contributed by atoms with van der Waals surface area (Å²) in [5.74, 6) is -4.66. The van der Waals surface area contributed by atoms with Crippen molar-refractivity contribution in [1.29, 1.82) is 0 Å². The van der Waals surface area contributed by atoms with Crippen molar-refractivity contribution in [2.45, 2.75) is 44.6 Å². The van der Waals surface area contributed by atoms with Crippen LogP contribution in [-0.2, 0) is 35.2 Å². The van der Waals surface area contributed by atoms with E-state index in [1.807, 2.05) is 35.2 Å². The third-order valence-electron chi connectivity index (χ3n) is 8.50. The average molecular weight is 489 g/mol. The summed E-state index contributed by atoms with van der Waals surface area (Å²) < 4.78 is 12.0. The third-order valence-corrected chi connectivity index (χ3v) is 8.50. The summed E-state index contributed by atoms with van der Waals surface area (Å²) in [6.07, 6.45) is 1.15. The normalized spacial score (nSPS) is 35.2. The number of ketones is 1. The zero-order chi connectivity index (χ0) is 25.3. The first-order chi connectivity index (χ1) is 17.3. The fourth-order valence-electron chi connectivity index (χ4n) is 7.09. The number of fused-ring (bicyclic) bond motifs is 3. The van der Waals surface area contributed by atoms with E-state index in [0.717, 1.165) is 10.5 Å². The van der Waals surface area contributed by atoms with Crippen molar-refractivity contribution in [3.63, 3.8) is 0 Å². The molecule has 4 heterocycles. The number of carbonyl (C=O) groups is 4. The van der Waals surface area contributed by atoms with Crippen molar-refractivity contribution in [1.82, 2.24) is 4.90 Å². The second-order valence-corrected chi connectivity index (χ2v) is 10.2. The Morgan fingerprint density at radius 2 is 1.64 bits per heavy atom. The highest BCUT2D eigenvalue weighted by Crippen LogP contribution is 2.70. The lowest BCUT2D eigenvalue weighted by Gasteiger charge is -2.54. The van der Waals surface area contributed by atoms with Gasteiger partial charge in [0.25, 0.3) is 0 Å². The van der Waals surface area contributed by atoms with Crippen LogP contribution in [0.2, 0.25) is 0 Å². The van der Waals surface area contributed by atoms with Crippen LogP contribution in [0.15, 0.2) is 60.7 Å². The summed E-state index contributed by atoms with van der Waals surface area (Å²) in [4.78, 5) is 59.0. The Morgan fingerprint density at radius 3 is 2.31 bits per heavy atom. The second kappa shape index (κ2) is 7.82. The Bertz CT molecular complexity index is 1270. The van der Waals surface area contributed by atoms with Crippen molar-refractivity contribution in [3.05, 3.63) is 66.2 Å². The van der Waals surface area contributed by atoms with E-state index < -0.39 is 52.1 Å². The molecular weight excluding hydrogens is 460 g/mol. The number of amides is 2. The number of anilines is 1. The molecule has 8 nitrogen and oxygen atoms in total. The maximum absolute atomic E-state index is 14.3. The molecule has 0 aliphatic carbocycles. The van der Waals surface area contributed by atoms with Crippen LogP contribution in [0.25, 0.3) is 0 Å². The number of esters is 1. The molecule has 1 spiro atoms. The fraction of sp³-hybridized carbons (Fsp3) is 0.429. The fourth-order valence-corrected chi connectivity index (χ4v) is 7.09.